The molecule has 1 atom stereocenters. The molecular formula is C18H27NO3. The third kappa shape index (κ3) is 4.73. The minimum absolute atomic E-state index is 0.0778. The lowest BCUT2D eigenvalue weighted by Crippen LogP contribution is -2.29. The normalized spacial score (nSPS) is 17.7. The molecule has 4 heteroatoms. The van der Waals surface area contributed by atoms with E-state index in [1.165, 1.54) is 19.3 Å². The van der Waals surface area contributed by atoms with Crippen LogP contribution in [0.1, 0.15) is 49.4 Å². The Bertz CT molecular complexity index is 458. The van der Waals surface area contributed by atoms with Crippen LogP contribution in [0.15, 0.2) is 24.3 Å². The number of methoxy groups -OCH3 is 1. The van der Waals surface area contributed by atoms with Gasteiger partial charge in [-0.25, -0.2) is 0 Å². The number of benzene rings is 1. The van der Waals surface area contributed by atoms with Crippen molar-refractivity contribution in [3.8, 4) is 5.75 Å². The van der Waals surface area contributed by atoms with Gasteiger partial charge in [0.1, 0.15) is 5.75 Å². The second-order valence-corrected chi connectivity index (χ2v) is 5.83. The van der Waals surface area contributed by atoms with E-state index in [2.05, 4.69) is 6.92 Å². The summed E-state index contributed by atoms with van der Waals surface area (Å²) in [6.45, 7) is 4.40. The first-order chi connectivity index (χ1) is 10.7. The smallest absolute Gasteiger partial charge is 0.253 e. The molecule has 1 amide bonds. The quantitative estimate of drug-likeness (QED) is 0.690. The van der Waals surface area contributed by atoms with E-state index in [0.29, 0.717) is 6.54 Å². The van der Waals surface area contributed by atoms with Gasteiger partial charge in [0.15, 0.2) is 0 Å². The van der Waals surface area contributed by atoms with Gasteiger partial charge in [-0.1, -0.05) is 26.2 Å². The molecule has 1 unspecified atom stereocenters. The molecule has 22 heavy (non-hydrogen) atoms. The summed E-state index contributed by atoms with van der Waals surface area (Å²) in [6, 6.07) is 7.47. The van der Waals surface area contributed by atoms with E-state index < -0.39 is 0 Å². The number of rotatable bonds is 8. The van der Waals surface area contributed by atoms with E-state index in [9.17, 15) is 4.79 Å². The van der Waals surface area contributed by atoms with Gasteiger partial charge in [0.2, 0.25) is 0 Å². The molecule has 1 fully saturated rings. The SMILES string of the molecule is CCCCCCOc1ccc(C(=O)N2CCC(OC)C2)cc1. The van der Waals surface area contributed by atoms with Gasteiger partial charge in [0.25, 0.3) is 5.91 Å². The van der Waals surface area contributed by atoms with Crippen LogP contribution in [0.5, 0.6) is 5.75 Å². The monoisotopic (exact) mass is 305 g/mol. The van der Waals surface area contributed by atoms with Crippen molar-refractivity contribution in [1.29, 1.82) is 0 Å². The van der Waals surface area contributed by atoms with Crippen LogP contribution in [0.2, 0.25) is 0 Å². The Morgan fingerprint density at radius 3 is 2.64 bits per heavy atom. The third-order valence-electron chi connectivity index (χ3n) is 4.13. The van der Waals surface area contributed by atoms with Gasteiger partial charge in [0, 0.05) is 25.8 Å². The Morgan fingerprint density at radius 1 is 1.23 bits per heavy atom. The highest BCUT2D eigenvalue weighted by molar-refractivity contribution is 5.94. The molecule has 1 aromatic carbocycles. The molecule has 1 aromatic rings. The van der Waals surface area contributed by atoms with Crippen LogP contribution < -0.4 is 4.74 Å². The van der Waals surface area contributed by atoms with Crippen molar-refractivity contribution >= 4 is 5.91 Å². The number of hydrogen-bond donors (Lipinski definition) is 0. The first kappa shape index (κ1) is 16.8. The fourth-order valence-electron chi connectivity index (χ4n) is 2.70. The molecule has 0 aromatic heterocycles. The fourth-order valence-corrected chi connectivity index (χ4v) is 2.70. The fraction of sp³-hybridized carbons (Fsp3) is 0.611. The highest BCUT2D eigenvalue weighted by Crippen LogP contribution is 2.18. The lowest BCUT2D eigenvalue weighted by molar-refractivity contribution is 0.0724. The summed E-state index contributed by atoms with van der Waals surface area (Å²) < 4.78 is 11.0. The molecule has 2 rings (SSSR count). The summed E-state index contributed by atoms with van der Waals surface area (Å²) in [5.74, 6) is 0.915. The van der Waals surface area contributed by atoms with Crippen molar-refractivity contribution in [2.24, 2.45) is 0 Å². The second kappa shape index (κ2) is 8.79. The number of carbonyl (C=O) groups is 1. The number of amides is 1. The van der Waals surface area contributed by atoms with Crippen molar-refractivity contribution in [3.63, 3.8) is 0 Å². The third-order valence-corrected chi connectivity index (χ3v) is 4.13. The lowest BCUT2D eigenvalue weighted by atomic mass is 10.2. The van der Waals surface area contributed by atoms with E-state index in [0.717, 1.165) is 37.3 Å². The Balaban J connectivity index is 1.80. The van der Waals surface area contributed by atoms with Crippen molar-refractivity contribution in [2.45, 2.75) is 45.1 Å². The minimum Gasteiger partial charge on any atom is -0.494 e. The summed E-state index contributed by atoms with van der Waals surface area (Å²) in [4.78, 5) is 14.2. The van der Waals surface area contributed by atoms with Gasteiger partial charge < -0.3 is 14.4 Å². The van der Waals surface area contributed by atoms with E-state index in [-0.39, 0.29) is 12.0 Å². The van der Waals surface area contributed by atoms with Crippen molar-refractivity contribution in [1.82, 2.24) is 4.90 Å². The summed E-state index contributed by atoms with van der Waals surface area (Å²) in [6.07, 6.45) is 5.88. The molecule has 1 saturated heterocycles. The second-order valence-electron chi connectivity index (χ2n) is 5.83. The topological polar surface area (TPSA) is 38.8 Å². The average molecular weight is 305 g/mol. The van der Waals surface area contributed by atoms with E-state index >= 15 is 0 Å². The Labute approximate surface area is 133 Å². The maximum Gasteiger partial charge on any atom is 0.253 e. The van der Waals surface area contributed by atoms with Gasteiger partial charge in [-0.05, 0) is 37.1 Å². The first-order valence-corrected chi connectivity index (χ1v) is 8.29. The molecule has 1 heterocycles. The van der Waals surface area contributed by atoms with Gasteiger partial charge in [-0.3, -0.25) is 4.79 Å². The van der Waals surface area contributed by atoms with Gasteiger partial charge >= 0.3 is 0 Å². The number of nitrogens with zero attached hydrogens (tertiary/aromatic N) is 1. The van der Waals surface area contributed by atoms with Crippen LogP contribution in [0.3, 0.4) is 0 Å². The highest BCUT2D eigenvalue weighted by Gasteiger charge is 2.26. The summed E-state index contributed by atoms with van der Waals surface area (Å²) in [5, 5.41) is 0. The van der Waals surface area contributed by atoms with Crippen LogP contribution in [0, 0.1) is 0 Å². The van der Waals surface area contributed by atoms with Crippen molar-refractivity contribution in [2.75, 3.05) is 26.8 Å². The number of hydrogen-bond acceptors (Lipinski definition) is 3. The van der Waals surface area contributed by atoms with E-state index in [1.54, 1.807) is 7.11 Å². The first-order valence-electron chi connectivity index (χ1n) is 8.29. The lowest BCUT2D eigenvalue weighted by Gasteiger charge is -2.16. The van der Waals surface area contributed by atoms with Crippen LogP contribution in [0.4, 0.5) is 0 Å². The predicted octanol–water partition coefficient (Wildman–Crippen LogP) is 3.51. The molecule has 0 saturated carbocycles. The molecule has 0 N–H and O–H groups in total. The Morgan fingerprint density at radius 2 is 2.00 bits per heavy atom. The molecule has 0 radical (unpaired) electrons. The van der Waals surface area contributed by atoms with Crippen LogP contribution in [0.25, 0.3) is 0 Å². The molecule has 0 aliphatic carbocycles. The van der Waals surface area contributed by atoms with Crippen molar-refractivity contribution < 1.29 is 14.3 Å². The largest absolute Gasteiger partial charge is 0.494 e. The standard InChI is InChI=1S/C18H27NO3/c1-3-4-5-6-13-22-16-9-7-15(8-10-16)18(20)19-12-11-17(14-19)21-2/h7-10,17H,3-6,11-14H2,1-2H3. The van der Waals surface area contributed by atoms with Gasteiger partial charge in [-0.15, -0.1) is 0 Å². The Kier molecular flexibility index (Phi) is 6.72. The average Bonchev–Trinajstić information content (AvgIpc) is 3.04. The highest BCUT2D eigenvalue weighted by atomic mass is 16.5. The minimum atomic E-state index is 0.0778. The molecule has 0 bridgehead atoms. The van der Waals surface area contributed by atoms with Gasteiger partial charge in [-0.2, -0.15) is 0 Å². The van der Waals surface area contributed by atoms with E-state index in [1.807, 2.05) is 29.2 Å². The number of ether oxygens (including phenoxy) is 2. The zero-order chi connectivity index (χ0) is 15.8. The number of carbonyl (C=O) groups excluding carboxylic acids is 1. The van der Waals surface area contributed by atoms with Crippen LogP contribution in [-0.4, -0.2) is 43.7 Å². The zero-order valence-corrected chi connectivity index (χ0v) is 13.7. The molecule has 122 valence electrons. The number of likely N-dealkylation sites (tertiary alicyclic amines) is 1. The summed E-state index contributed by atoms with van der Waals surface area (Å²) in [5.41, 5.74) is 0.718. The molecule has 1 aliphatic heterocycles. The zero-order valence-electron chi connectivity index (χ0n) is 13.7. The molecule has 4 nitrogen and oxygen atoms in total. The number of unbranched alkanes of at least 4 members (excludes halogenated alkanes) is 3. The summed E-state index contributed by atoms with van der Waals surface area (Å²) >= 11 is 0. The van der Waals surface area contributed by atoms with Crippen LogP contribution >= 0.6 is 0 Å². The molecule has 1 aliphatic rings. The Hall–Kier alpha value is -1.55. The maximum absolute atomic E-state index is 12.4. The predicted molar refractivity (Wildman–Crippen MR) is 87.4 cm³/mol. The summed E-state index contributed by atoms with van der Waals surface area (Å²) in [7, 11) is 1.70. The van der Waals surface area contributed by atoms with E-state index in [4.69, 9.17) is 9.47 Å². The molecule has 0 spiro atoms. The molecular weight excluding hydrogens is 278 g/mol. The van der Waals surface area contributed by atoms with Crippen molar-refractivity contribution in [3.05, 3.63) is 29.8 Å². The van der Waals surface area contributed by atoms with Gasteiger partial charge in [0.05, 0.1) is 12.7 Å². The maximum atomic E-state index is 12.4. The van der Waals surface area contributed by atoms with Crippen LogP contribution in [-0.2, 0) is 4.74 Å².